The number of ketones is 1. The summed E-state index contributed by atoms with van der Waals surface area (Å²) in [6.45, 7) is 0. The summed E-state index contributed by atoms with van der Waals surface area (Å²) in [5.41, 5.74) is 2.15. The molecule has 0 amide bonds. The summed E-state index contributed by atoms with van der Waals surface area (Å²) in [6.07, 6.45) is 0.168. The standard InChI is InChI=1S/C22H18O3/c1-25-20-13-7-2-8-15(20)14-22(24)19-12-6-5-10-17(19)16-9-3-4-11-18(16)21(22)23/h2-13,24H,14H2,1H3. The number of fused-ring (bicyclic) bond motifs is 3. The minimum atomic E-state index is -1.61. The van der Waals surface area contributed by atoms with Crippen molar-refractivity contribution in [1.82, 2.24) is 0 Å². The summed E-state index contributed by atoms with van der Waals surface area (Å²) < 4.78 is 5.40. The Morgan fingerprint density at radius 2 is 1.44 bits per heavy atom. The third kappa shape index (κ3) is 2.36. The molecule has 1 aliphatic rings. The molecule has 3 aromatic rings. The second-order valence-corrected chi connectivity index (χ2v) is 6.27. The van der Waals surface area contributed by atoms with Gasteiger partial charge in [0.25, 0.3) is 0 Å². The number of para-hydroxylation sites is 1. The highest BCUT2D eigenvalue weighted by Gasteiger charge is 2.44. The van der Waals surface area contributed by atoms with Gasteiger partial charge >= 0.3 is 0 Å². The first kappa shape index (κ1) is 15.6. The average molecular weight is 330 g/mol. The smallest absolute Gasteiger partial charge is 0.199 e. The molecule has 1 atom stereocenters. The molecule has 0 saturated heterocycles. The van der Waals surface area contributed by atoms with Gasteiger partial charge in [0.05, 0.1) is 7.11 Å². The van der Waals surface area contributed by atoms with Gasteiger partial charge in [0.1, 0.15) is 5.75 Å². The van der Waals surface area contributed by atoms with Crippen molar-refractivity contribution in [2.75, 3.05) is 7.11 Å². The molecule has 0 heterocycles. The fourth-order valence-electron chi connectivity index (χ4n) is 3.64. The number of benzene rings is 3. The third-order valence-electron chi connectivity index (χ3n) is 4.85. The monoisotopic (exact) mass is 330 g/mol. The van der Waals surface area contributed by atoms with Crippen molar-refractivity contribution < 1.29 is 14.6 Å². The highest BCUT2D eigenvalue weighted by molar-refractivity contribution is 6.11. The van der Waals surface area contributed by atoms with Crippen LogP contribution in [-0.2, 0) is 12.0 Å². The van der Waals surface area contributed by atoms with Crippen LogP contribution in [0.1, 0.15) is 21.5 Å². The lowest BCUT2D eigenvalue weighted by Gasteiger charge is -2.34. The van der Waals surface area contributed by atoms with Crippen LogP contribution in [0.5, 0.6) is 5.75 Å². The van der Waals surface area contributed by atoms with E-state index in [0.29, 0.717) is 16.9 Å². The number of carbonyl (C=O) groups excluding carboxylic acids is 1. The molecule has 0 saturated carbocycles. The van der Waals surface area contributed by atoms with E-state index in [-0.39, 0.29) is 12.2 Å². The molecule has 1 unspecified atom stereocenters. The van der Waals surface area contributed by atoms with E-state index in [9.17, 15) is 9.90 Å². The SMILES string of the molecule is COc1ccccc1CC1(O)C(=O)c2ccccc2-c2ccccc21. The molecule has 0 fully saturated rings. The van der Waals surface area contributed by atoms with Gasteiger partial charge in [-0.25, -0.2) is 0 Å². The summed E-state index contributed by atoms with van der Waals surface area (Å²) in [7, 11) is 1.59. The van der Waals surface area contributed by atoms with Crippen molar-refractivity contribution >= 4 is 5.78 Å². The van der Waals surface area contributed by atoms with Gasteiger partial charge in [-0.15, -0.1) is 0 Å². The Labute approximate surface area is 146 Å². The number of methoxy groups -OCH3 is 1. The molecular weight excluding hydrogens is 312 g/mol. The van der Waals surface area contributed by atoms with Gasteiger partial charge in [0, 0.05) is 12.0 Å². The number of aliphatic hydroxyl groups is 1. The summed E-state index contributed by atoms with van der Waals surface area (Å²) in [4.78, 5) is 13.2. The second-order valence-electron chi connectivity index (χ2n) is 6.27. The van der Waals surface area contributed by atoms with Crippen LogP contribution in [0.25, 0.3) is 11.1 Å². The van der Waals surface area contributed by atoms with Crippen LogP contribution in [0, 0.1) is 0 Å². The maximum atomic E-state index is 13.2. The predicted octanol–water partition coefficient (Wildman–Crippen LogP) is 3.99. The van der Waals surface area contributed by atoms with Crippen LogP contribution in [-0.4, -0.2) is 18.0 Å². The maximum absolute atomic E-state index is 13.2. The first-order chi connectivity index (χ1) is 12.1. The molecule has 124 valence electrons. The van der Waals surface area contributed by atoms with E-state index in [4.69, 9.17) is 4.74 Å². The lowest BCUT2D eigenvalue weighted by atomic mass is 9.72. The minimum absolute atomic E-state index is 0.168. The third-order valence-corrected chi connectivity index (χ3v) is 4.85. The zero-order valence-corrected chi connectivity index (χ0v) is 13.9. The van der Waals surface area contributed by atoms with E-state index in [2.05, 4.69) is 0 Å². The van der Waals surface area contributed by atoms with Crippen molar-refractivity contribution in [3.05, 3.63) is 89.5 Å². The lowest BCUT2D eigenvalue weighted by molar-refractivity contribution is 0.0291. The molecule has 3 heteroatoms. The summed E-state index contributed by atoms with van der Waals surface area (Å²) in [5.74, 6) is 0.396. The Morgan fingerprint density at radius 3 is 2.20 bits per heavy atom. The highest BCUT2D eigenvalue weighted by Crippen LogP contribution is 2.44. The largest absolute Gasteiger partial charge is 0.496 e. The number of rotatable bonds is 3. The van der Waals surface area contributed by atoms with Gasteiger partial charge in [-0.1, -0.05) is 66.7 Å². The molecule has 3 nitrogen and oxygen atoms in total. The Bertz CT molecular complexity index is 961. The first-order valence-corrected chi connectivity index (χ1v) is 8.23. The topological polar surface area (TPSA) is 46.5 Å². The van der Waals surface area contributed by atoms with Gasteiger partial charge in [-0.2, -0.15) is 0 Å². The van der Waals surface area contributed by atoms with Crippen LogP contribution in [0.15, 0.2) is 72.8 Å². The van der Waals surface area contributed by atoms with Gasteiger partial charge in [0.15, 0.2) is 11.4 Å². The number of carbonyl (C=O) groups is 1. The first-order valence-electron chi connectivity index (χ1n) is 8.23. The van der Waals surface area contributed by atoms with Crippen molar-refractivity contribution in [3.63, 3.8) is 0 Å². The number of hydrogen-bond donors (Lipinski definition) is 1. The number of ether oxygens (including phenoxy) is 1. The zero-order chi connectivity index (χ0) is 17.4. The summed E-state index contributed by atoms with van der Waals surface area (Å²) >= 11 is 0. The Kier molecular flexibility index (Phi) is 3.66. The molecule has 25 heavy (non-hydrogen) atoms. The van der Waals surface area contributed by atoms with E-state index in [1.54, 1.807) is 13.2 Å². The maximum Gasteiger partial charge on any atom is 0.199 e. The predicted molar refractivity (Wildman–Crippen MR) is 96.8 cm³/mol. The fraction of sp³-hybridized carbons (Fsp3) is 0.136. The molecule has 0 aromatic heterocycles. The molecule has 4 rings (SSSR count). The highest BCUT2D eigenvalue weighted by atomic mass is 16.5. The molecule has 1 N–H and O–H groups in total. The molecule has 1 aliphatic carbocycles. The second kappa shape index (κ2) is 5.87. The van der Waals surface area contributed by atoms with Crippen LogP contribution in [0.3, 0.4) is 0 Å². The van der Waals surface area contributed by atoms with Crippen LogP contribution in [0.2, 0.25) is 0 Å². The van der Waals surface area contributed by atoms with Gasteiger partial charge < -0.3 is 9.84 Å². The number of hydrogen-bond acceptors (Lipinski definition) is 3. The molecule has 0 spiro atoms. The molecule has 0 radical (unpaired) electrons. The van der Waals surface area contributed by atoms with Crippen molar-refractivity contribution in [1.29, 1.82) is 0 Å². The fourth-order valence-corrected chi connectivity index (χ4v) is 3.64. The minimum Gasteiger partial charge on any atom is -0.496 e. The van der Waals surface area contributed by atoms with E-state index in [1.165, 1.54) is 0 Å². The molecular formula is C22H18O3. The van der Waals surface area contributed by atoms with Crippen molar-refractivity contribution in [2.45, 2.75) is 12.0 Å². The Morgan fingerprint density at radius 1 is 0.840 bits per heavy atom. The van der Waals surface area contributed by atoms with E-state index in [0.717, 1.165) is 16.7 Å². The summed E-state index contributed by atoms with van der Waals surface area (Å²) in [5, 5.41) is 11.5. The molecule has 0 bridgehead atoms. The van der Waals surface area contributed by atoms with Gasteiger partial charge in [-0.3, -0.25) is 4.79 Å². The average Bonchev–Trinajstić information content (AvgIpc) is 2.67. The molecule has 3 aromatic carbocycles. The van der Waals surface area contributed by atoms with Crippen LogP contribution < -0.4 is 4.74 Å². The quantitative estimate of drug-likeness (QED) is 0.790. The Balaban J connectivity index is 1.91. The summed E-state index contributed by atoms with van der Waals surface area (Å²) in [6, 6.07) is 22.5. The lowest BCUT2D eigenvalue weighted by Crippen LogP contribution is -2.41. The van der Waals surface area contributed by atoms with Crippen molar-refractivity contribution in [3.8, 4) is 16.9 Å². The normalized spacial score (nSPS) is 18.4. The van der Waals surface area contributed by atoms with E-state index in [1.807, 2.05) is 66.7 Å². The van der Waals surface area contributed by atoms with Crippen LogP contribution in [0.4, 0.5) is 0 Å². The zero-order valence-electron chi connectivity index (χ0n) is 13.9. The van der Waals surface area contributed by atoms with Gasteiger partial charge in [0.2, 0.25) is 0 Å². The van der Waals surface area contributed by atoms with E-state index >= 15 is 0 Å². The van der Waals surface area contributed by atoms with Crippen molar-refractivity contribution in [2.24, 2.45) is 0 Å². The molecule has 0 aliphatic heterocycles. The van der Waals surface area contributed by atoms with E-state index < -0.39 is 5.60 Å². The number of Topliss-reactive ketones (excluding diaryl/α,β-unsaturated/α-hetero) is 1. The van der Waals surface area contributed by atoms with Gasteiger partial charge in [-0.05, 0) is 28.3 Å². The van der Waals surface area contributed by atoms with Crippen LogP contribution >= 0.6 is 0 Å². The Hall–Kier alpha value is -2.91.